The van der Waals surface area contributed by atoms with Gasteiger partial charge in [0.2, 0.25) is 0 Å². The second-order valence-corrected chi connectivity index (χ2v) is 6.36. The minimum absolute atomic E-state index is 0.164. The first-order chi connectivity index (χ1) is 9.54. The standard InChI is InChI=1S/C13H16N4O2S/c1-8-15-10-6-11(16-4-2-9(14)3-5-16)12(17(18)19)7-13(10)20-8/h6-7,9H,2-5,14H2,1H3. The Bertz CT molecular complexity index is 662. The van der Waals surface area contributed by atoms with Gasteiger partial charge in [0.15, 0.2) is 0 Å². The SMILES string of the molecule is Cc1nc2cc(N3CCC(N)CC3)c([N+](=O)[O-])cc2s1. The molecule has 0 aliphatic carbocycles. The number of fused-ring (bicyclic) bond motifs is 1. The lowest BCUT2D eigenvalue weighted by Crippen LogP contribution is -2.39. The van der Waals surface area contributed by atoms with Crippen LogP contribution in [-0.4, -0.2) is 29.0 Å². The Morgan fingerprint density at radius 3 is 2.80 bits per heavy atom. The molecule has 20 heavy (non-hydrogen) atoms. The van der Waals surface area contributed by atoms with Crippen molar-refractivity contribution in [1.82, 2.24) is 4.98 Å². The summed E-state index contributed by atoms with van der Waals surface area (Å²) in [7, 11) is 0. The van der Waals surface area contributed by atoms with E-state index >= 15 is 0 Å². The topological polar surface area (TPSA) is 85.3 Å². The third-order valence-corrected chi connectivity index (χ3v) is 4.60. The Morgan fingerprint density at radius 1 is 1.45 bits per heavy atom. The van der Waals surface area contributed by atoms with E-state index in [1.165, 1.54) is 11.3 Å². The second kappa shape index (κ2) is 4.99. The number of nitrogens with zero attached hydrogens (tertiary/aromatic N) is 3. The summed E-state index contributed by atoms with van der Waals surface area (Å²) in [6, 6.07) is 3.69. The van der Waals surface area contributed by atoms with Crippen molar-refractivity contribution in [3.05, 3.63) is 27.3 Å². The molecule has 0 bridgehead atoms. The Hall–Kier alpha value is -1.73. The van der Waals surface area contributed by atoms with E-state index in [0.717, 1.165) is 41.2 Å². The van der Waals surface area contributed by atoms with Crippen LogP contribution in [0.3, 0.4) is 0 Å². The maximum atomic E-state index is 11.3. The maximum Gasteiger partial charge on any atom is 0.294 e. The van der Waals surface area contributed by atoms with Gasteiger partial charge in [0.1, 0.15) is 5.69 Å². The molecule has 0 unspecified atom stereocenters. The van der Waals surface area contributed by atoms with Crippen molar-refractivity contribution in [2.24, 2.45) is 5.73 Å². The zero-order valence-electron chi connectivity index (χ0n) is 11.2. The van der Waals surface area contributed by atoms with Crippen molar-refractivity contribution >= 4 is 32.9 Å². The lowest BCUT2D eigenvalue weighted by atomic mass is 10.0. The molecular formula is C13H16N4O2S. The second-order valence-electron chi connectivity index (χ2n) is 5.12. The minimum Gasteiger partial charge on any atom is -0.366 e. The van der Waals surface area contributed by atoms with Gasteiger partial charge in [0.25, 0.3) is 5.69 Å². The third-order valence-electron chi connectivity index (χ3n) is 3.67. The number of nitrogens with two attached hydrogens (primary N) is 1. The Kier molecular flexibility index (Phi) is 3.31. The predicted octanol–water partition coefficient (Wildman–Crippen LogP) is 2.44. The first-order valence-corrected chi connectivity index (χ1v) is 7.42. The summed E-state index contributed by atoms with van der Waals surface area (Å²) in [6.07, 6.45) is 1.73. The van der Waals surface area contributed by atoms with Gasteiger partial charge >= 0.3 is 0 Å². The molecule has 1 aromatic heterocycles. The Labute approximate surface area is 120 Å². The van der Waals surface area contributed by atoms with E-state index in [4.69, 9.17) is 5.73 Å². The fourth-order valence-corrected chi connectivity index (χ4v) is 3.45. The van der Waals surface area contributed by atoms with E-state index in [1.54, 1.807) is 6.07 Å². The van der Waals surface area contributed by atoms with Crippen LogP contribution < -0.4 is 10.6 Å². The highest BCUT2D eigenvalue weighted by molar-refractivity contribution is 7.18. The lowest BCUT2D eigenvalue weighted by Gasteiger charge is -2.31. The first-order valence-electron chi connectivity index (χ1n) is 6.60. The predicted molar refractivity (Wildman–Crippen MR) is 80.4 cm³/mol. The van der Waals surface area contributed by atoms with E-state index in [0.29, 0.717) is 5.69 Å². The molecule has 2 heterocycles. The van der Waals surface area contributed by atoms with Crippen molar-refractivity contribution < 1.29 is 4.92 Å². The average molecular weight is 292 g/mol. The van der Waals surface area contributed by atoms with E-state index < -0.39 is 0 Å². The molecule has 0 radical (unpaired) electrons. The van der Waals surface area contributed by atoms with Crippen LogP contribution >= 0.6 is 11.3 Å². The van der Waals surface area contributed by atoms with Gasteiger partial charge in [-0.2, -0.15) is 0 Å². The molecule has 1 aliphatic rings. The van der Waals surface area contributed by atoms with Crippen LogP contribution in [-0.2, 0) is 0 Å². The highest BCUT2D eigenvalue weighted by atomic mass is 32.1. The number of nitro groups is 1. The number of piperidine rings is 1. The maximum absolute atomic E-state index is 11.3. The number of aromatic nitrogens is 1. The number of thiazole rings is 1. The molecule has 2 N–H and O–H groups in total. The summed E-state index contributed by atoms with van der Waals surface area (Å²) in [5.41, 5.74) is 7.56. The first kappa shape index (κ1) is 13.3. The van der Waals surface area contributed by atoms with Crippen LogP contribution in [0.15, 0.2) is 12.1 Å². The summed E-state index contributed by atoms with van der Waals surface area (Å²) in [5, 5.41) is 12.2. The number of hydrogen-bond acceptors (Lipinski definition) is 6. The van der Waals surface area contributed by atoms with E-state index in [2.05, 4.69) is 9.88 Å². The lowest BCUT2D eigenvalue weighted by molar-refractivity contribution is -0.384. The number of benzene rings is 1. The van der Waals surface area contributed by atoms with Crippen LogP contribution in [0.4, 0.5) is 11.4 Å². The number of rotatable bonds is 2. The molecule has 6 nitrogen and oxygen atoms in total. The summed E-state index contributed by atoms with van der Waals surface area (Å²) in [6.45, 7) is 3.43. The van der Waals surface area contributed by atoms with Crippen LogP contribution in [0.1, 0.15) is 17.8 Å². The molecular weight excluding hydrogens is 276 g/mol. The molecule has 7 heteroatoms. The molecule has 1 saturated heterocycles. The largest absolute Gasteiger partial charge is 0.366 e. The minimum atomic E-state index is -0.307. The smallest absolute Gasteiger partial charge is 0.294 e. The molecule has 1 fully saturated rings. The van der Waals surface area contributed by atoms with Gasteiger partial charge in [-0.25, -0.2) is 4.98 Å². The van der Waals surface area contributed by atoms with E-state index in [-0.39, 0.29) is 16.7 Å². The Morgan fingerprint density at radius 2 is 2.15 bits per heavy atom. The normalized spacial score (nSPS) is 16.8. The molecule has 0 spiro atoms. The van der Waals surface area contributed by atoms with Crippen LogP contribution in [0.5, 0.6) is 0 Å². The molecule has 1 aliphatic heterocycles. The van der Waals surface area contributed by atoms with Gasteiger partial charge in [-0.1, -0.05) is 0 Å². The van der Waals surface area contributed by atoms with Gasteiger partial charge in [-0.05, 0) is 25.8 Å². The summed E-state index contributed by atoms with van der Waals surface area (Å²) in [4.78, 5) is 17.5. The van der Waals surface area contributed by atoms with E-state index in [1.807, 2.05) is 13.0 Å². The Balaban J connectivity index is 2.07. The molecule has 3 rings (SSSR count). The van der Waals surface area contributed by atoms with Crippen molar-refractivity contribution in [3.63, 3.8) is 0 Å². The highest BCUT2D eigenvalue weighted by Crippen LogP contribution is 2.36. The number of anilines is 1. The summed E-state index contributed by atoms with van der Waals surface area (Å²) in [5.74, 6) is 0. The summed E-state index contributed by atoms with van der Waals surface area (Å²) < 4.78 is 0.867. The average Bonchev–Trinajstić information content (AvgIpc) is 2.77. The molecule has 0 saturated carbocycles. The van der Waals surface area contributed by atoms with Crippen LogP contribution in [0.25, 0.3) is 10.2 Å². The van der Waals surface area contributed by atoms with Gasteiger partial charge < -0.3 is 10.6 Å². The molecule has 0 atom stereocenters. The number of nitro benzene ring substituents is 1. The summed E-state index contributed by atoms with van der Waals surface area (Å²) >= 11 is 1.49. The van der Waals surface area contributed by atoms with Crippen molar-refractivity contribution in [2.75, 3.05) is 18.0 Å². The van der Waals surface area contributed by atoms with E-state index in [9.17, 15) is 10.1 Å². The molecule has 1 aromatic carbocycles. The molecule has 2 aromatic rings. The molecule has 106 valence electrons. The van der Waals surface area contributed by atoms with Crippen LogP contribution in [0, 0.1) is 17.0 Å². The van der Waals surface area contributed by atoms with Crippen molar-refractivity contribution in [1.29, 1.82) is 0 Å². The van der Waals surface area contributed by atoms with Crippen molar-refractivity contribution in [2.45, 2.75) is 25.8 Å². The number of hydrogen-bond donors (Lipinski definition) is 1. The number of aryl methyl sites for hydroxylation is 1. The zero-order chi connectivity index (χ0) is 14.3. The van der Waals surface area contributed by atoms with Gasteiger partial charge in [0.05, 0.1) is 20.1 Å². The van der Waals surface area contributed by atoms with Gasteiger partial charge in [-0.15, -0.1) is 11.3 Å². The zero-order valence-corrected chi connectivity index (χ0v) is 12.0. The quantitative estimate of drug-likeness (QED) is 0.678. The molecule has 0 amide bonds. The van der Waals surface area contributed by atoms with Gasteiger partial charge in [0, 0.05) is 25.2 Å². The fourth-order valence-electron chi connectivity index (χ4n) is 2.61. The third kappa shape index (κ3) is 2.34. The fraction of sp³-hybridized carbons (Fsp3) is 0.462. The van der Waals surface area contributed by atoms with Crippen LogP contribution in [0.2, 0.25) is 0 Å². The van der Waals surface area contributed by atoms with Gasteiger partial charge in [-0.3, -0.25) is 10.1 Å². The monoisotopic (exact) mass is 292 g/mol. The highest BCUT2D eigenvalue weighted by Gasteiger charge is 2.25. The van der Waals surface area contributed by atoms with Crippen molar-refractivity contribution in [3.8, 4) is 0 Å².